The van der Waals surface area contributed by atoms with Gasteiger partial charge in [0.15, 0.2) is 0 Å². The summed E-state index contributed by atoms with van der Waals surface area (Å²) >= 11 is 7.98. The molecule has 2 saturated heterocycles. The zero-order valence-electron chi connectivity index (χ0n) is 11.7. The molecule has 110 valence electrons. The molecule has 1 N–H and O–H groups in total. The second-order valence-electron chi connectivity index (χ2n) is 5.84. The maximum atomic E-state index is 6.13. The summed E-state index contributed by atoms with van der Waals surface area (Å²) in [4.78, 5) is 0. The van der Waals surface area contributed by atoms with E-state index in [1.54, 1.807) is 0 Å². The summed E-state index contributed by atoms with van der Waals surface area (Å²) in [6.45, 7) is 1.83. The molecule has 20 heavy (non-hydrogen) atoms. The summed E-state index contributed by atoms with van der Waals surface area (Å²) in [6, 6.07) is 8.70. The Kier molecular flexibility index (Phi) is 4.92. The fraction of sp³-hybridized carbons (Fsp3) is 0.625. The first kappa shape index (κ1) is 14.7. The molecule has 0 amide bonds. The summed E-state index contributed by atoms with van der Waals surface area (Å²) < 4.78 is 6.13. The Morgan fingerprint density at radius 1 is 1.25 bits per heavy atom. The van der Waals surface area contributed by atoms with Crippen molar-refractivity contribution in [2.24, 2.45) is 0 Å². The third-order valence-electron chi connectivity index (χ3n) is 4.41. The molecular weight excluding hydrogens is 290 g/mol. The van der Waals surface area contributed by atoms with E-state index in [2.05, 4.69) is 29.2 Å². The average Bonchev–Trinajstić information content (AvgIpc) is 2.48. The number of thioether (sulfide) groups is 1. The molecule has 0 aromatic heterocycles. The lowest BCUT2D eigenvalue weighted by atomic mass is 9.85. The van der Waals surface area contributed by atoms with E-state index in [9.17, 15) is 0 Å². The van der Waals surface area contributed by atoms with Gasteiger partial charge >= 0.3 is 0 Å². The van der Waals surface area contributed by atoms with Gasteiger partial charge in [0.05, 0.1) is 5.60 Å². The van der Waals surface area contributed by atoms with Crippen LogP contribution in [0.5, 0.6) is 0 Å². The molecule has 2 fully saturated rings. The van der Waals surface area contributed by atoms with E-state index < -0.39 is 0 Å². The van der Waals surface area contributed by atoms with Gasteiger partial charge in [-0.2, -0.15) is 11.8 Å². The summed E-state index contributed by atoms with van der Waals surface area (Å²) in [6.07, 6.45) is 4.73. The normalized spacial score (nSPS) is 25.8. The molecule has 0 bridgehead atoms. The molecule has 1 aromatic rings. The number of benzene rings is 1. The van der Waals surface area contributed by atoms with Crippen molar-refractivity contribution in [3.63, 3.8) is 0 Å². The van der Waals surface area contributed by atoms with Gasteiger partial charge in [-0.15, -0.1) is 0 Å². The van der Waals surface area contributed by atoms with Crippen molar-refractivity contribution in [2.45, 2.75) is 43.9 Å². The largest absolute Gasteiger partial charge is 0.375 e. The van der Waals surface area contributed by atoms with Crippen molar-refractivity contribution in [2.75, 3.05) is 18.1 Å². The molecule has 3 rings (SSSR count). The standard InChI is InChI=1S/C16H22ClNOS/c17-14-3-1-13(2-4-14)12-18-15-5-8-19-16(11-15)6-9-20-10-7-16/h1-4,15,18H,5-12H2. The zero-order chi connectivity index (χ0) is 13.8. The quantitative estimate of drug-likeness (QED) is 0.915. The van der Waals surface area contributed by atoms with Crippen molar-refractivity contribution in [3.8, 4) is 0 Å². The van der Waals surface area contributed by atoms with Crippen molar-refractivity contribution < 1.29 is 4.74 Å². The van der Waals surface area contributed by atoms with Gasteiger partial charge in [-0.3, -0.25) is 0 Å². The molecular formula is C16H22ClNOS. The third kappa shape index (κ3) is 3.70. The van der Waals surface area contributed by atoms with E-state index >= 15 is 0 Å². The van der Waals surface area contributed by atoms with Crippen LogP contribution in [0, 0.1) is 0 Å². The van der Waals surface area contributed by atoms with Crippen LogP contribution in [0.4, 0.5) is 0 Å². The fourth-order valence-corrected chi connectivity index (χ4v) is 4.52. The fourth-order valence-electron chi connectivity index (χ4n) is 3.16. The van der Waals surface area contributed by atoms with E-state index in [1.807, 2.05) is 12.1 Å². The molecule has 1 aromatic carbocycles. The van der Waals surface area contributed by atoms with Crippen LogP contribution < -0.4 is 5.32 Å². The van der Waals surface area contributed by atoms with Crippen LogP contribution in [-0.2, 0) is 11.3 Å². The lowest BCUT2D eigenvalue weighted by Gasteiger charge is -2.43. The van der Waals surface area contributed by atoms with Crippen LogP contribution in [0.25, 0.3) is 0 Å². The van der Waals surface area contributed by atoms with Crippen LogP contribution in [0.2, 0.25) is 5.02 Å². The predicted molar refractivity (Wildman–Crippen MR) is 86.6 cm³/mol. The molecule has 0 saturated carbocycles. The minimum Gasteiger partial charge on any atom is -0.375 e. The summed E-state index contributed by atoms with van der Waals surface area (Å²) in [5.74, 6) is 2.51. The molecule has 1 spiro atoms. The number of hydrogen-bond acceptors (Lipinski definition) is 3. The number of hydrogen-bond donors (Lipinski definition) is 1. The Balaban J connectivity index is 1.53. The van der Waals surface area contributed by atoms with E-state index in [4.69, 9.17) is 16.3 Å². The van der Waals surface area contributed by atoms with Crippen LogP contribution in [0.3, 0.4) is 0 Å². The first-order chi connectivity index (χ1) is 9.76. The van der Waals surface area contributed by atoms with E-state index in [1.165, 1.54) is 36.3 Å². The number of halogens is 1. The highest BCUT2D eigenvalue weighted by atomic mass is 35.5. The minimum absolute atomic E-state index is 0.168. The third-order valence-corrected chi connectivity index (χ3v) is 5.64. The maximum Gasteiger partial charge on any atom is 0.0713 e. The van der Waals surface area contributed by atoms with Gasteiger partial charge in [-0.05, 0) is 54.9 Å². The van der Waals surface area contributed by atoms with Crippen molar-refractivity contribution >= 4 is 23.4 Å². The van der Waals surface area contributed by atoms with Gasteiger partial charge in [0.25, 0.3) is 0 Å². The minimum atomic E-state index is 0.168. The van der Waals surface area contributed by atoms with Gasteiger partial charge in [0.2, 0.25) is 0 Å². The second kappa shape index (κ2) is 6.69. The Hall–Kier alpha value is -0.220. The van der Waals surface area contributed by atoms with Crippen molar-refractivity contribution in [3.05, 3.63) is 34.9 Å². The molecule has 2 nitrogen and oxygen atoms in total. The summed E-state index contributed by atoms with van der Waals surface area (Å²) in [7, 11) is 0. The predicted octanol–water partition coefficient (Wildman–Crippen LogP) is 3.87. The van der Waals surface area contributed by atoms with Gasteiger partial charge in [0.1, 0.15) is 0 Å². The van der Waals surface area contributed by atoms with E-state index in [0.29, 0.717) is 6.04 Å². The molecule has 4 heteroatoms. The van der Waals surface area contributed by atoms with Crippen LogP contribution in [0.15, 0.2) is 24.3 Å². The van der Waals surface area contributed by atoms with Gasteiger partial charge in [-0.25, -0.2) is 0 Å². The van der Waals surface area contributed by atoms with E-state index in [-0.39, 0.29) is 5.60 Å². The van der Waals surface area contributed by atoms with Crippen molar-refractivity contribution in [1.82, 2.24) is 5.32 Å². The van der Waals surface area contributed by atoms with Crippen LogP contribution >= 0.6 is 23.4 Å². The Labute approximate surface area is 130 Å². The molecule has 1 unspecified atom stereocenters. The number of nitrogens with one attached hydrogen (secondary N) is 1. The molecule has 0 radical (unpaired) electrons. The van der Waals surface area contributed by atoms with Gasteiger partial charge in [0, 0.05) is 24.2 Å². The van der Waals surface area contributed by atoms with E-state index in [0.717, 1.165) is 24.6 Å². The monoisotopic (exact) mass is 311 g/mol. The molecule has 1 atom stereocenters. The highest BCUT2D eigenvalue weighted by Gasteiger charge is 2.38. The zero-order valence-corrected chi connectivity index (χ0v) is 13.3. The van der Waals surface area contributed by atoms with Crippen LogP contribution in [0.1, 0.15) is 31.2 Å². The Bertz CT molecular complexity index is 425. The lowest BCUT2D eigenvalue weighted by molar-refractivity contribution is -0.0933. The van der Waals surface area contributed by atoms with Gasteiger partial charge < -0.3 is 10.1 Å². The van der Waals surface area contributed by atoms with Gasteiger partial charge in [-0.1, -0.05) is 23.7 Å². The molecule has 2 aliphatic heterocycles. The molecule has 2 aliphatic rings. The molecule has 2 heterocycles. The Morgan fingerprint density at radius 3 is 2.75 bits per heavy atom. The number of ether oxygens (including phenoxy) is 1. The lowest BCUT2D eigenvalue weighted by Crippen LogP contribution is -2.48. The SMILES string of the molecule is Clc1ccc(CNC2CCOC3(CCSCC3)C2)cc1. The number of rotatable bonds is 3. The first-order valence-corrected chi connectivity index (χ1v) is 8.99. The first-order valence-electron chi connectivity index (χ1n) is 7.45. The summed E-state index contributed by atoms with van der Waals surface area (Å²) in [5.41, 5.74) is 1.47. The topological polar surface area (TPSA) is 21.3 Å². The van der Waals surface area contributed by atoms with Crippen LogP contribution in [-0.4, -0.2) is 29.8 Å². The Morgan fingerprint density at radius 2 is 2.00 bits per heavy atom. The van der Waals surface area contributed by atoms with Crippen molar-refractivity contribution in [1.29, 1.82) is 0 Å². The highest BCUT2D eigenvalue weighted by molar-refractivity contribution is 7.99. The smallest absolute Gasteiger partial charge is 0.0713 e. The summed E-state index contributed by atoms with van der Waals surface area (Å²) in [5, 5.41) is 4.50. The molecule has 0 aliphatic carbocycles. The maximum absolute atomic E-state index is 6.13. The second-order valence-corrected chi connectivity index (χ2v) is 7.50. The highest BCUT2D eigenvalue weighted by Crippen LogP contribution is 2.37. The average molecular weight is 312 g/mol.